The maximum atomic E-state index is 3.75. The number of hydrogen-bond acceptors (Lipinski definition) is 3. The summed E-state index contributed by atoms with van der Waals surface area (Å²) in [6.45, 7) is 8.09. The lowest BCUT2D eigenvalue weighted by Crippen LogP contribution is -2.40. The number of nitrogens with zero attached hydrogens (tertiary/aromatic N) is 1. The van der Waals surface area contributed by atoms with Crippen LogP contribution in [0.15, 0.2) is 78.6 Å². The largest absolute Gasteiger partial charge is 0.317 e. The molecule has 0 amide bonds. The van der Waals surface area contributed by atoms with Crippen molar-refractivity contribution in [3.63, 3.8) is 0 Å². The van der Waals surface area contributed by atoms with Crippen molar-refractivity contribution >= 4 is 5.69 Å². The van der Waals surface area contributed by atoms with Gasteiger partial charge in [-0.15, -0.1) is 0 Å². The number of hydrazine groups is 1. The number of unbranched alkanes of at least 4 members (excludes halogenated alkanes) is 1. The van der Waals surface area contributed by atoms with Crippen molar-refractivity contribution in [2.75, 3.05) is 25.1 Å². The lowest BCUT2D eigenvalue weighted by atomic mass is 9.93. The van der Waals surface area contributed by atoms with E-state index in [4.69, 9.17) is 0 Å². The molecule has 0 bridgehead atoms. The third-order valence-electron chi connectivity index (χ3n) is 4.95. The van der Waals surface area contributed by atoms with Crippen LogP contribution >= 0.6 is 0 Å². The van der Waals surface area contributed by atoms with E-state index >= 15 is 0 Å². The first-order chi connectivity index (χ1) is 13.3. The Morgan fingerprint density at radius 1 is 1.19 bits per heavy atom. The van der Waals surface area contributed by atoms with Gasteiger partial charge in [0.2, 0.25) is 0 Å². The Bertz CT molecular complexity index is 637. The van der Waals surface area contributed by atoms with Crippen molar-refractivity contribution in [2.45, 2.75) is 39.0 Å². The molecule has 1 saturated heterocycles. The molecule has 1 aliphatic rings. The SMILES string of the molecule is C=C/C=C(/C)C/C=C\CC/C=C(/C1CCNCC1)N(NC)c1ccccc1. The highest BCUT2D eigenvalue weighted by atomic mass is 15.5. The van der Waals surface area contributed by atoms with Gasteiger partial charge >= 0.3 is 0 Å². The molecule has 0 aromatic heterocycles. The first-order valence-corrected chi connectivity index (χ1v) is 10.1. The molecule has 1 aromatic rings. The minimum Gasteiger partial charge on any atom is -0.317 e. The summed E-state index contributed by atoms with van der Waals surface area (Å²) < 4.78 is 0. The Morgan fingerprint density at radius 3 is 2.59 bits per heavy atom. The predicted molar refractivity (Wildman–Crippen MR) is 119 cm³/mol. The van der Waals surface area contributed by atoms with Crippen molar-refractivity contribution in [2.24, 2.45) is 5.92 Å². The Morgan fingerprint density at radius 2 is 1.93 bits per heavy atom. The van der Waals surface area contributed by atoms with Gasteiger partial charge < -0.3 is 5.32 Å². The highest BCUT2D eigenvalue weighted by Crippen LogP contribution is 2.28. The molecule has 0 radical (unpaired) electrons. The molecule has 2 rings (SSSR count). The fraction of sp³-hybridized carbons (Fsp3) is 0.417. The van der Waals surface area contributed by atoms with Crippen LogP contribution in [0.2, 0.25) is 0 Å². The van der Waals surface area contributed by atoms with Gasteiger partial charge in [0.1, 0.15) is 0 Å². The van der Waals surface area contributed by atoms with Crippen LogP contribution in [0.3, 0.4) is 0 Å². The normalized spacial score (nSPS) is 16.7. The smallest absolute Gasteiger partial charge is 0.0573 e. The van der Waals surface area contributed by atoms with Gasteiger partial charge in [-0.25, -0.2) is 5.43 Å². The molecule has 3 nitrogen and oxygen atoms in total. The molecule has 1 aliphatic heterocycles. The van der Waals surface area contributed by atoms with E-state index in [0.717, 1.165) is 32.4 Å². The quantitative estimate of drug-likeness (QED) is 0.253. The summed E-state index contributed by atoms with van der Waals surface area (Å²) in [6.07, 6.45) is 16.4. The molecule has 0 aliphatic carbocycles. The second-order valence-electron chi connectivity index (χ2n) is 7.05. The van der Waals surface area contributed by atoms with E-state index < -0.39 is 0 Å². The van der Waals surface area contributed by atoms with Gasteiger partial charge in [-0.3, -0.25) is 5.01 Å². The second-order valence-corrected chi connectivity index (χ2v) is 7.05. The molecule has 0 spiro atoms. The first-order valence-electron chi connectivity index (χ1n) is 10.1. The van der Waals surface area contributed by atoms with Gasteiger partial charge in [0, 0.05) is 18.7 Å². The number of hydrogen-bond donors (Lipinski definition) is 2. The lowest BCUT2D eigenvalue weighted by Gasteiger charge is -2.34. The number of piperidine rings is 1. The third-order valence-corrected chi connectivity index (χ3v) is 4.95. The van der Waals surface area contributed by atoms with E-state index in [1.54, 1.807) is 0 Å². The Balaban J connectivity index is 2.05. The van der Waals surface area contributed by atoms with Crippen LogP contribution in [-0.4, -0.2) is 20.1 Å². The Labute approximate surface area is 165 Å². The van der Waals surface area contributed by atoms with Crippen LogP contribution in [0.1, 0.15) is 39.0 Å². The summed E-state index contributed by atoms with van der Waals surface area (Å²) in [7, 11) is 2.01. The van der Waals surface area contributed by atoms with Gasteiger partial charge in [-0.05, 0) is 64.3 Å². The molecule has 1 heterocycles. The standard InChI is InChI=1S/C24H35N3/c1-4-12-21(2)13-8-5-6-11-16-24(22-17-19-26-20-18-22)27(25-3)23-14-9-7-10-15-23/h4-5,7-10,12,14-16,22,25-26H,1,6,11,13,17-20H2,2-3H3/b8-5-,21-12-,24-16-. The predicted octanol–water partition coefficient (Wildman–Crippen LogP) is 5.37. The number of para-hydroxylation sites is 1. The second kappa shape index (κ2) is 12.3. The van der Waals surface area contributed by atoms with Gasteiger partial charge in [0.25, 0.3) is 0 Å². The molecule has 0 saturated carbocycles. The number of benzene rings is 1. The van der Waals surface area contributed by atoms with Gasteiger partial charge in [0.15, 0.2) is 0 Å². The third kappa shape index (κ3) is 7.20. The number of allylic oxidation sites excluding steroid dienone is 7. The van der Waals surface area contributed by atoms with Crippen molar-refractivity contribution < 1.29 is 0 Å². The highest BCUT2D eigenvalue weighted by molar-refractivity contribution is 5.51. The van der Waals surface area contributed by atoms with Crippen LogP contribution in [0.25, 0.3) is 0 Å². The first kappa shape index (κ1) is 21.2. The molecular weight excluding hydrogens is 330 g/mol. The maximum absolute atomic E-state index is 3.75. The Hall–Kier alpha value is -2.10. The molecule has 1 aromatic carbocycles. The molecular formula is C24H35N3. The van der Waals surface area contributed by atoms with Crippen molar-refractivity contribution in [3.05, 3.63) is 78.6 Å². The fourth-order valence-electron chi connectivity index (χ4n) is 3.53. The molecule has 27 heavy (non-hydrogen) atoms. The average Bonchev–Trinajstić information content (AvgIpc) is 2.71. The fourth-order valence-corrected chi connectivity index (χ4v) is 3.53. The van der Waals surface area contributed by atoms with E-state index in [0.29, 0.717) is 5.92 Å². The van der Waals surface area contributed by atoms with Crippen molar-refractivity contribution in [1.82, 2.24) is 10.7 Å². The monoisotopic (exact) mass is 365 g/mol. The molecule has 3 heteroatoms. The summed E-state index contributed by atoms with van der Waals surface area (Å²) in [6, 6.07) is 10.6. The molecule has 0 atom stereocenters. The molecule has 1 fully saturated rings. The van der Waals surface area contributed by atoms with Crippen LogP contribution in [0, 0.1) is 5.92 Å². The molecule has 146 valence electrons. The number of nitrogens with one attached hydrogen (secondary N) is 2. The van der Waals surface area contributed by atoms with Gasteiger partial charge in [-0.2, -0.15) is 0 Å². The van der Waals surface area contributed by atoms with Crippen LogP contribution in [0.4, 0.5) is 5.69 Å². The number of anilines is 1. The average molecular weight is 366 g/mol. The van der Waals surface area contributed by atoms with Crippen molar-refractivity contribution in [1.29, 1.82) is 0 Å². The van der Waals surface area contributed by atoms with E-state index in [-0.39, 0.29) is 0 Å². The van der Waals surface area contributed by atoms with E-state index in [1.807, 2.05) is 13.1 Å². The van der Waals surface area contributed by atoms with Crippen LogP contribution in [-0.2, 0) is 0 Å². The van der Waals surface area contributed by atoms with E-state index in [9.17, 15) is 0 Å². The number of rotatable bonds is 10. The zero-order valence-corrected chi connectivity index (χ0v) is 17.0. The summed E-state index contributed by atoms with van der Waals surface area (Å²) in [5, 5.41) is 5.74. The summed E-state index contributed by atoms with van der Waals surface area (Å²) >= 11 is 0. The van der Waals surface area contributed by atoms with E-state index in [1.165, 1.54) is 29.8 Å². The minimum absolute atomic E-state index is 0.598. The Kier molecular flexibility index (Phi) is 9.67. The van der Waals surface area contributed by atoms with Crippen LogP contribution < -0.4 is 15.8 Å². The molecule has 0 unspecified atom stereocenters. The highest BCUT2D eigenvalue weighted by Gasteiger charge is 2.22. The van der Waals surface area contributed by atoms with Gasteiger partial charge in [-0.1, -0.05) is 60.7 Å². The van der Waals surface area contributed by atoms with Crippen molar-refractivity contribution in [3.8, 4) is 0 Å². The zero-order chi connectivity index (χ0) is 19.3. The maximum Gasteiger partial charge on any atom is 0.0573 e. The van der Waals surface area contributed by atoms with Gasteiger partial charge in [0.05, 0.1) is 5.69 Å². The lowest BCUT2D eigenvalue weighted by molar-refractivity contribution is 0.406. The summed E-state index contributed by atoms with van der Waals surface area (Å²) in [5.41, 5.74) is 7.36. The minimum atomic E-state index is 0.598. The van der Waals surface area contributed by atoms with Crippen LogP contribution in [0.5, 0.6) is 0 Å². The topological polar surface area (TPSA) is 27.3 Å². The van der Waals surface area contributed by atoms with E-state index in [2.05, 4.69) is 83.9 Å². The molecule has 2 N–H and O–H groups in total. The summed E-state index contributed by atoms with van der Waals surface area (Å²) in [4.78, 5) is 0. The zero-order valence-electron chi connectivity index (χ0n) is 17.0. The summed E-state index contributed by atoms with van der Waals surface area (Å²) in [5.74, 6) is 0.598.